The standard InChI is InChI=1S/C40H33NO7S/c42-23-25-13-15-27(16-14-25)35-21-30(24-49-36-12-6-5-11-34(36)39(45)46)47-40(48-35)28-19-17-26(18-20-28)31-8-2-1-7-29(31)22-41-37(43)32-9-3-4-10-33(32)38(41)44/h1-20,30,35,40,42H,21-24H2,(H,45,46)/t30-,35+,40+/m0/s1. The molecule has 5 aromatic carbocycles. The number of rotatable bonds is 10. The second kappa shape index (κ2) is 14.2. The highest BCUT2D eigenvalue weighted by Crippen LogP contribution is 2.40. The van der Waals surface area contributed by atoms with E-state index < -0.39 is 12.3 Å². The molecule has 3 atom stereocenters. The minimum absolute atomic E-state index is 0.0480. The van der Waals surface area contributed by atoms with Gasteiger partial charge in [-0.1, -0.05) is 97.1 Å². The Bertz CT molecular complexity index is 1980. The van der Waals surface area contributed by atoms with E-state index >= 15 is 0 Å². The molecular weight excluding hydrogens is 639 g/mol. The zero-order valence-corrected chi connectivity index (χ0v) is 27.2. The molecular formula is C40H33NO7S. The highest BCUT2D eigenvalue weighted by molar-refractivity contribution is 7.99. The average molecular weight is 672 g/mol. The topological polar surface area (TPSA) is 113 Å². The predicted molar refractivity (Wildman–Crippen MR) is 185 cm³/mol. The predicted octanol–water partition coefficient (Wildman–Crippen LogP) is 7.68. The number of thioether (sulfide) groups is 1. The molecule has 0 aliphatic carbocycles. The number of benzene rings is 5. The quantitative estimate of drug-likeness (QED) is 0.115. The van der Waals surface area contributed by atoms with E-state index in [1.807, 2.05) is 78.9 Å². The summed E-state index contributed by atoms with van der Waals surface area (Å²) in [6.45, 7) is 0.105. The first kappa shape index (κ1) is 32.5. The van der Waals surface area contributed by atoms with E-state index in [1.54, 1.807) is 42.5 Å². The Balaban J connectivity index is 1.12. The molecule has 8 nitrogen and oxygen atoms in total. The molecule has 1 saturated heterocycles. The van der Waals surface area contributed by atoms with E-state index in [2.05, 4.69) is 0 Å². The summed E-state index contributed by atoms with van der Waals surface area (Å²) in [7, 11) is 0. The summed E-state index contributed by atoms with van der Waals surface area (Å²) in [6.07, 6.45) is -0.639. The number of fused-ring (bicyclic) bond motifs is 1. The number of carboxylic acids is 1. The highest BCUT2D eigenvalue weighted by Gasteiger charge is 2.36. The van der Waals surface area contributed by atoms with Gasteiger partial charge < -0.3 is 19.7 Å². The molecule has 0 unspecified atom stereocenters. The fourth-order valence-corrected chi connectivity index (χ4v) is 7.35. The van der Waals surface area contributed by atoms with Crippen molar-refractivity contribution < 1.29 is 34.1 Å². The number of carbonyl (C=O) groups excluding carboxylic acids is 2. The maximum absolute atomic E-state index is 13.1. The van der Waals surface area contributed by atoms with Crippen LogP contribution < -0.4 is 0 Å². The summed E-state index contributed by atoms with van der Waals surface area (Å²) in [6, 6.07) is 37.1. The number of carboxylic acid groups (broad SMARTS) is 1. The van der Waals surface area contributed by atoms with Crippen molar-refractivity contribution >= 4 is 29.5 Å². The summed E-state index contributed by atoms with van der Waals surface area (Å²) < 4.78 is 13.0. The van der Waals surface area contributed by atoms with Gasteiger partial charge in [0, 0.05) is 22.6 Å². The van der Waals surface area contributed by atoms with Crippen LogP contribution in [0.4, 0.5) is 0 Å². The van der Waals surface area contributed by atoms with Gasteiger partial charge in [0.15, 0.2) is 6.29 Å². The van der Waals surface area contributed by atoms with Crippen molar-refractivity contribution in [3.8, 4) is 11.1 Å². The number of aliphatic hydroxyl groups is 1. The van der Waals surface area contributed by atoms with Crippen LogP contribution in [-0.2, 0) is 22.6 Å². The lowest BCUT2D eigenvalue weighted by atomic mass is 9.97. The fourth-order valence-electron chi connectivity index (χ4n) is 6.29. The Labute approximate surface area is 287 Å². The zero-order valence-electron chi connectivity index (χ0n) is 26.4. The molecule has 0 aromatic heterocycles. The number of aliphatic hydroxyl groups excluding tert-OH is 1. The van der Waals surface area contributed by atoms with Crippen LogP contribution in [0.25, 0.3) is 11.1 Å². The third-order valence-corrected chi connectivity index (χ3v) is 10.1. The number of hydrogen-bond donors (Lipinski definition) is 2. The number of carbonyl (C=O) groups is 3. The van der Waals surface area contributed by atoms with Crippen molar-refractivity contribution in [2.45, 2.75) is 43.0 Å². The van der Waals surface area contributed by atoms with Crippen LogP contribution >= 0.6 is 11.8 Å². The van der Waals surface area contributed by atoms with Crippen molar-refractivity contribution in [1.82, 2.24) is 4.90 Å². The summed E-state index contributed by atoms with van der Waals surface area (Å²) in [5, 5.41) is 19.2. The molecule has 0 saturated carbocycles. The minimum atomic E-state index is -0.971. The molecule has 7 rings (SSSR count). The first-order chi connectivity index (χ1) is 23.9. The van der Waals surface area contributed by atoms with Crippen LogP contribution in [0.3, 0.4) is 0 Å². The number of imide groups is 1. The Hall–Kier alpha value is -5.06. The maximum Gasteiger partial charge on any atom is 0.336 e. The summed E-state index contributed by atoms with van der Waals surface area (Å²) in [4.78, 5) is 39.9. The molecule has 2 aliphatic rings. The van der Waals surface area contributed by atoms with E-state index in [1.165, 1.54) is 16.7 Å². The van der Waals surface area contributed by atoms with Gasteiger partial charge in [0.05, 0.1) is 42.0 Å². The Kier molecular flexibility index (Phi) is 9.41. The van der Waals surface area contributed by atoms with Gasteiger partial charge in [0.25, 0.3) is 11.8 Å². The molecule has 2 aliphatic heterocycles. The van der Waals surface area contributed by atoms with Crippen LogP contribution in [0.2, 0.25) is 0 Å². The molecule has 2 amide bonds. The molecule has 49 heavy (non-hydrogen) atoms. The van der Waals surface area contributed by atoms with Gasteiger partial charge in [-0.2, -0.15) is 0 Å². The summed E-state index contributed by atoms with van der Waals surface area (Å²) in [5.74, 6) is -1.03. The number of ether oxygens (including phenoxy) is 2. The lowest BCUT2D eigenvalue weighted by molar-refractivity contribution is -0.245. The second-order valence-electron chi connectivity index (χ2n) is 12.0. The van der Waals surface area contributed by atoms with Crippen molar-refractivity contribution in [2.75, 3.05) is 5.75 Å². The smallest absolute Gasteiger partial charge is 0.336 e. The molecule has 5 aromatic rings. The lowest BCUT2D eigenvalue weighted by Crippen LogP contribution is -2.31. The number of aromatic carboxylic acids is 1. The van der Waals surface area contributed by atoms with Crippen molar-refractivity contribution in [1.29, 1.82) is 0 Å². The average Bonchev–Trinajstić information content (AvgIpc) is 3.39. The largest absolute Gasteiger partial charge is 0.478 e. The van der Waals surface area contributed by atoms with Crippen molar-refractivity contribution in [2.24, 2.45) is 0 Å². The van der Waals surface area contributed by atoms with E-state index in [0.29, 0.717) is 28.2 Å². The molecule has 0 spiro atoms. The third-order valence-electron chi connectivity index (χ3n) is 8.88. The van der Waals surface area contributed by atoms with E-state index in [9.17, 15) is 24.6 Å². The molecule has 0 bridgehead atoms. The number of hydrogen-bond acceptors (Lipinski definition) is 7. The van der Waals surface area contributed by atoms with Crippen molar-refractivity contribution in [3.63, 3.8) is 0 Å². The van der Waals surface area contributed by atoms with Crippen LogP contribution in [0, 0.1) is 0 Å². The fraction of sp³-hybridized carbons (Fsp3) is 0.175. The van der Waals surface area contributed by atoms with Crippen LogP contribution in [-0.4, -0.2) is 44.8 Å². The third kappa shape index (κ3) is 6.79. The monoisotopic (exact) mass is 671 g/mol. The maximum atomic E-state index is 13.1. The Morgan fingerprint density at radius 1 is 0.735 bits per heavy atom. The Morgan fingerprint density at radius 2 is 1.35 bits per heavy atom. The summed E-state index contributed by atoms with van der Waals surface area (Å²) in [5.41, 5.74) is 6.36. The lowest BCUT2D eigenvalue weighted by Gasteiger charge is -2.36. The zero-order chi connectivity index (χ0) is 33.9. The van der Waals surface area contributed by atoms with Gasteiger partial charge in [-0.05, 0) is 52.1 Å². The number of nitrogens with zero attached hydrogens (tertiary/aromatic N) is 1. The first-order valence-corrected chi connectivity index (χ1v) is 17.0. The normalized spacial score (nSPS) is 18.8. The van der Waals surface area contributed by atoms with Crippen LogP contribution in [0.1, 0.15) is 72.1 Å². The molecule has 0 radical (unpaired) electrons. The SMILES string of the molecule is O=C(O)c1ccccc1SC[C@@H]1C[C@H](c2ccc(CO)cc2)O[C@H](c2ccc(-c3ccccc3CN3C(=O)c4ccccc4C3=O)cc2)O1. The molecule has 1 fully saturated rings. The first-order valence-electron chi connectivity index (χ1n) is 16.0. The van der Waals surface area contributed by atoms with Crippen LogP contribution in [0.15, 0.2) is 126 Å². The van der Waals surface area contributed by atoms with Gasteiger partial charge in [-0.15, -0.1) is 11.8 Å². The van der Waals surface area contributed by atoms with Crippen molar-refractivity contribution in [3.05, 3.63) is 160 Å². The highest BCUT2D eigenvalue weighted by atomic mass is 32.2. The van der Waals surface area contributed by atoms with Gasteiger partial charge in [0.2, 0.25) is 0 Å². The minimum Gasteiger partial charge on any atom is -0.478 e. The van der Waals surface area contributed by atoms with E-state index in [4.69, 9.17) is 9.47 Å². The van der Waals surface area contributed by atoms with Crippen LogP contribution in [0.5, 0.6) is 0 Å². The molecule has 2 N–H and O–H groups in total. The van der Waals surface area contributed by atoms with E-state index in [-0.39, 0.29) is 42.7 Å². The van der Waals surface area contributed by atoms with Gasteiger partial charge in [0.1, 0.15) is 0 Å². The Morgan fingerprint density at radius 3 is 2.02 bits per heavy atom. The molecule has 9 heteroatoms. The molecule has 2 heterocycles. The summed E-state index contributed by atoms with van der Waals surface area (Å²) >= 11 is 1.45. The van der Waals surface area contributed by atoms with Gasteiger partial charge in [-0.25, -0.2) is 4.79 Å². The number of amides is 2. The van der Waals surface area contributed by atoms with Gasteiger partial charge in [-0.3, -0.25) is 14.5 Å². The van der Waals surface area contributed by atoms with E-state index in [0.717, 1.165) is 33.4 Å². The second-order valence-corrected chi connectivity index (χ2v) is 13.0. The molecule has 246 valence electrons. The van der Waals surface area contributed by atoms with Gasteiger partial charge >= 0.3 is 5.97 Å².